The van der Waals surface area contributed by atoms with Crippen molar-refractivity contribution in [3.63, 3.8) is 0 Å². The Morgan fingerprint density at radius 2 is 2.31 bits per heavy atom. The highest BCUT2D eigenvalue weighted by atomic mass is 79.9. The SMILES string of the molecule is CC1CCNC(Cc2cc(F)ccc2Br)C1. The molecule has 1 nitrogen and oxygen atoms in total. The van der Waals surface area contributed by atoms with Crippen LogP contribution in [0.3, 0.4) is 0 Å². The first-order chi connectivity index (χ1) is 7.65. The molecule has 0 radical (unpaired) electrons. The lowest BCUT2D eigenvalue weighted by molar-refractivity contribution is 0.318. The fraction of sp³-hybridized carbons (Fsp3) is 0.538. The van der Waals surface area contributed by atoms with Gasteiger partial charge in [0.25, 0.3) is 0 Å². The van der Waals surface area contributed by atoms with Gasteiger partial charge in [-0.1, -0.05) is 22.9 Å². The van der Waals surface area contributed by atoms with Crippen molar-refractivity contribution in [3.8, 4) is 0 Å². The van der Waals surface area contributed by atoms with Crippen LogP contribution in [0.5, 0.6) is 0 Å². The van der Waals surface area contributed by atoms with Crippen LogP contribution in [0.2, 0.25) is 0 Å². The summed E-state index contributed by atoms with van der Waals surface area (Å²) in [6, 6.07) is 5.40. The molecule has 2 rings (SSSR count). The third kappa shape index (κ3) is 3.05. The molecule has 0 saturated carbocycles. The Morgan fingerprint density at radius 3 is 3.06 bits per heavy atom. The predicted molar refractivity (Wildman–Crippen MR) is 68.0 cm³/mol. The van der Waals surface area contributed by atoms with Crippen LogP contribution in [0.4, 0.5) is 4.39 Å². The summed E-state index contributed by atoms with van der Waals surface area (Å²) in [4.78, 5) is 0. The van der Waals surface area contributed by atoms with Crippen molar-refractivity contribution in [2.75, 3.05) is 6.54 Å². The van der Waals surface area contributed by atoms with E-state index < -0.39 is 0 Å². The molecule has 0 aromatic heterocycles. The Bertz CT molecular complexity index is 367. The summed E-state index contributed by atoms with van der Waals surface area (Å²) in [5.74, 6) is 0.626. The van der Waals surface area contributed by atoms with Gasteiger partial charge in [-0.2, -0.15) is 0 Å². The molecule has 1 aromatic carbocycles. The first kappa shape index (κ1) is 12.1. The van der Waals surface area contributed by atoms with Gasteiger partial charge in [-0.05, 0) is 55.5 Å². The highest BCUT2D eigenvalue weighted by Gasteiger charge is 2.19. The van der Waals surface area contributed by atoms with Crippen molar-refractivity contribution < 1.29 is 4.39 Å². The Morgan fingerprint density at radius 1 is 1.50 bits per heavy atom. The molecule has 16 heavy (non-hydrogen) atoms. The molecule has 0 spiro atoms. The van der Waals surface area contributed by atoms with Crippen LogP contribution in [0.15, 0.2) is 22.7 Å². The fourth-order valence-electron chi connectivity index (χ4n) is 2.34. The van der Waals surface area contributed by atoms with Gasteiger partial charge in [-0.3, -0.25) is 0 Å². The van der Waals surface area contributed by atoms with Gasteiger partial charge in [0.1, 0.15) is 5.82 Å². The molecule has 3 heteroatoms. The molecular formula is C13H17BrFN. The zero-order chi connectivity index (χ0) is 11.5. The lowest BCUT2D eigenvalue weighted by Crippen LogP contribution is -2.38. The Balaban J connectivity index is 2.05. The maximum absolute atomic E-state index is 13.1. The minimum absolute atomic E-state index is 0.151. The number of piperidine rings is 1. The molecule has 0 bridgehead atoms. The summed E-state index contributed by atoms with van der Waals surface area (Å²) in [5.41, 5.74) is 1.06. The average molecular weight is 286 g/mol. The highest BCUT2D eigenvalue weighted by Crippen LogP contribution is 2.23. The highest BCUT2D eigenvalue weighted by molar-refractivity contribution is 9.10. The van der Waals surface area contributed by atoms with Crippen LogP contribution in [0, 0.1) is 11.7 Å². The minimum atomic E-state index is -0.151. The minimum Gasteiger partial charge on any atom is -0.314 e. The molecule has 2 atom stereocenters. The molecule has 1 heterocycles. The molecule has 1 N–H and O–H groups in total. The van der Waals surface area contributed by atoms with Crippen LogP contribution >= 0.6 is 15.9 Å². The van der Waals surface area contributed by atoms with Crippen LogP contribution in [-0.4, -0.2) is 12.6 Å². The molecule has 1 aromatic rings. The lowest BCUT2D eigenvalue weighted by atomic mass is 9.90. The van der Waals surface area contributed by atoms with Crippen molar-refractivity contribution in [1.82, 2.24) is 5.32 Å². The average Bonchev–Trinajstić information content (AvgIpc) is 2.24. The van der Waals surface area contributed by atoms with Gasteiger partial charge in [0.05, 0.1) is 0 Å². The second-order valence-corrected chi connectivity index (χ2v) is 5.57. The summed E-state index contributed by atoms with van der Waals surface area (Å²) in [7, 11) is 0. The number of benzene rings is 1. The predicted octanol–water partition coefficient (Wildman–Crippen LogP) is 3.52. The second-order valence-electron chi connectivity index (χ2n) is 4.72. The quantitative estimate of drug-likeness (QED) is 0.877. The van der Waals surface area contributed by atoms with Gasteiger partial charge in [0.15, 0.2) is 0 Å². The van der Waals surface area contributed by atoms with Crippen molar-refractivity contribution in [2.45, 2.75) is 32.2 Å². The fourth-order valence-corrected chi connectivity index (χ4v) is 2.75. The first-order valence-electron chi connectivity index (χ1n) is 5.82. The Kier molecular flexibility index (Phi) is 3.98. The molecule has 0 aliphatic carbocycles. The van der Waals surface area contributed by atoms with Gasteiger partial charge in [-0.25, -0.2) is 4.39 Å². The number of rotatable bonds is 2. The summed E-state index contributed by atoms with van der Waals surface area (Å²) in [5, 5.41) is 3.50. The summed E-state index contributed by atoms with van der Waals surface area (Å²) in [6.07, 6.45) is 3.34. The lowest BCUT2D eigenvalue weighted by Gasteiger charge is -2.28. The normalized spacial score (nSPS) is 25.7. The van der Waals surface area contributed by atoms with Crippen LogP contribution < -0.4 is 5.32 Å². The molecule has 0 amide bonds. The molecule has 2 unspecified atom stereocenters. The maximum Gasteiger partial charge on any atom is 0.123 e. The smallest absolute Gasteiger partial charge is 0.123 e. The van der Waals surface area contributed by atoms with Gasteiger partial charge < -0.3 is 5.32 Å². The van der Waals surface area contributed by atoms with Crippen molar-refractivity contribution >= 4 is 15.9 Å². The van der Waals surface area contributed by atoms with E-state index in [2.05, 4.69) is 28.2 Å². The van der Waals surface area contributed by atoms with Gasteiger partial charge in [0.2, 0.25) is 0 Å². The van der Waals surface area contributed by atoms with Gasteiger partial charge >= 0.3 is 0 Å². The molecule has 1 saturated heterocycles. The topological polar surface area (TPSA) is 12.0 Å². The Labute approximate surface area is 105 Å². The van der Waals surface area contributed by atoms with Gasteiger partial charge in [0, 0.05) is 10.5 Å². The van der Waals surface area contributed by atoms with E-state index in [9.17, 15) is 4.39 Å². The zero-order valence-electron chi connectivity index (χ0n) is 9.47. The largest absolute Gasteiger partial charge is 0.314 e. The van der Waals surface area contributed by atoms with E-state index in [1.165, 1.54) is 18.9 Å². The molecule has 1 fully saturated rings. The van der Waals surface area contributed by atoms with Crippen LogP contribution in [-0.2, 0) is 6.42 Å². The molecular weight excluding hydrogens is 269 g/mol. The summed E-state index contributed by atoms with van der Waals surface area (Å²) in [6.45, 7) is 3.37. The first-order valence-corrected chi connectivity index (χ1v) is 6.62. The van der Waals surface area contributed by atoms with E-state index in [-0.39, 0.29) is 5.82 Å². The van der Waals surface area contributed by atoms with E-state index in [1.807, 2.05) is 0 Å². The van der Waals surface area contributed by atoms with Crippen molar-refractivity contribution in [2.24, 2.45) is 5.92 Å². The molecule has 88 valence electrons. The zero-order valence-corrected chi connectivity index (χ0v) is 11.1. The standard InChI is InChI=1S/C13H17BrFN/c1-9-4-5-16-12(6-9)8-10-7-11(15)2-3-13(10)14/h2-3,7,9,12,16H,4-6,8H2,1H3. The van der Waals surface area contributed by atoms with Crippen LogP contribution in [0.25, 0.3) is 0 Å². The van der Waals surface area contributed by atoms with E-state index in [1.54, 1.807) is 12.1 Å². The third-order valence-electron chi connectivity index (χ3n) is 3.23. The molecule has 1 aliphatic rings. The molecule has 1 aliphatic heterocycles. The Hall–Kier alpha value is -0.410. The number of hydrogen-bond acceptors (Lipinski definition) is 1. The summed E-state index contributed by atoms with van der Waals surface area (Å²) < 4.78 is 14.1. The maximum atomic E-state index is 13.1. The monoisotopic (exact) mass is 285 g/mol. The van der Waals surface area contributed by atoms with E-state index in [0.29, 0.717) is 6.04 Å². The van der Waals surface area contributed by atoms with Crippen molar-refractivity contribution in [3.05, 3.63) is 34.1 Å². The van der Waals surface area contributed by atoms with Gasteiger partial charge in [-0.15, -0.1) is 0 Å². The van der Waals surface area contributed by atoms with E-state index in [4.69, 9.17) is 0 Å². The number of nitrogens with one attached hydrogen (secondary N) is 1. The second kappa shape index (κ2) is 5.28. The third-order valence-corrected chi connectivity index (χ3v) is 4.00. The number of halogens is 2. The van der Waals surface area contributed by atoms with E-state index >= 15 is 0 Å². The van der Waals surface area contributed by atoms with E-state index in [0.717, 1.165) is 28.9 Å². The van der Waals surface area contributed by atoms with Crippen LogP contribution in [0.1, 0.15) is 25.3 Å². The number of hydrogen-bond donors (Lipinski definition) is 1. The summed E-state index contributed by atoms with van der Waals surface area (Å²) >= 11 is 3.48. The van der Waals surface area contributed by atoms with Crippen molar-refractivity contribution in [1.29, 1.82) is 0 Å².